The van der Waals surface area contributed by atoms with Crippen LogP contribution in [0.3, 0.4) is 0 Å². The number of nitrogens with one attached hydrogen (secondary N) is 1. The van der Waals surface area contributed by atoms with Gasteiger partial charge in [0.05, 0.1) is 6.54 Å². The van der Waals surface area contributed by atoms with E-state index in [2.05, 4.69) is 19.2 Å². The van der Waals surface area contributed by atoms with Gasteiger partial charge in [-0.3, -0.25) is 0 Å². The molecular formula is C15H22N2O. The monoisotopic (exact) mass is 246 g/mol. The number of hydrogen-bond acceptors (Lipinski definition) is 3. The number of furan rings is 1. The Morgan fingerprint density at radius 1 is 1.39 bits per heavy atom. The van der Waals surface area contributed by atoms with Gasteiger partial charge in [0.2, 0.25) is 5.76 Å². The van der Waals surface area contributed by atoms with Crippen molar-refractivity contribution in [3.63, 3.8) is 0 Å². The molecule has 98 valence electrons. The van der Waals surface area contributed by atoms with Crippen molar-refractivity contribution in [3.8, 4) is 6.07 Å². The molecule has 3 nitrogen and oxygen atoms in total. The quantitative estimate of drug-likeness (QED) is 0.885. The lowest BCUT2D eigenvalue weighted by molar-refractivity contribution is 0.201. The van der Waals surface area contributed by atoms with E-state index >= 15 is 0 Å². The predicted molar refractivity (Wildman–Crippen MR) is 70.8 cm³/mol. The summed E-state index contributed by atoms with van der Waals surface area (Å²) in [5.41, 5.74) is 0. The van der Waals surface area contributed by atoms with Gasteiger partial charge in [0.25, 0.3) is 0 Å². The summed E-state index contributed by atoms with van der Waals surface area (Å²) >= 11 is 0. The fourth-order valence-electron chi connectivity index (χ4n) is 2.98. The average Bonchev–Trinajstić information content (AvgIpc) is 2.84. The maximum Gasteiger partial charge on any atom is 0.203 e. The van der Waals surface area contributed by atoms with Crippen LogP contribution >= 0.6 is 0 Å². The predicted octanol–water partition coefficient (Wildman–Crippen LogP) is 3.46. The van der Waals surface area contributed by atoms with Crippen LogP contribution in [0.5, 0.6) is 0 Å². The minimum absolute atomic E-state index is 0.399. The standard InChI is InChI=1S/C15H22N2O/c1-11(2)14-5-3-4-6-15(14)17-10-13-8-7-12(9-16)18-13/h7-8,11,14-15,17H,3-6,10H2,1-2H3. The lowest BCUT2D eigenvalue weighted by Gasteiger charge is -2.34. The van der Waals surface area contributed by atoms with Crippen LogP contribution in [0.2, 0.25) is 0 Å². The molecule has 1 heterocycles. The number of rotatable bonds is 4. The molecule has 3 heteroatoms. The molecule has 0 radical (unpaired) electrons. The van der Waals surface area contributed by atoms with Gasteiger partial charge in [0.15, 0.2) is 0 Å². The first-order valence-corrected chi connectivity index (χ1v) is 6.93. The van der Waals surface area contributed by atoms with E-state index in [4.69, 9.17) is 9.68 Å². The Bertz CT molecular complexity index is 416. The van der Waals surface area contributed by atoms with Crippen molar-refractivity contribution < 1.29 is 4.42 Å². The summed E-state index contributed by atoms with van der Waals surface area (Å²) in [7, 11) is 0. The van der Waals surface area contributed by atoms with E-state index < -0.39 is 0 Å². The SMILES string of the molecule is CC(C)C1CCCCC1NCc1ccc(C#N)o1. The Labute approximate surface area is 109 Å². The lowest BCUT2D eigenvalue weighted by atomic mass is 9.78. The molecule has 1 aromatic heterocycles. The van der Waals surface area contributed by atoms with E-state index in [1.165, 1.54) is 25.7 Å². The molecule has 1 fully saturated rings. The molecule has 18 heavy (non-hydrogen) atoms. The highest BCUT2D eigenvalue weighted by Gasteiger charge is 2.27. The second kappa shape index (κ2) is 6.06. The second-order valence-electron chi connectivity index (χ2n) is 5.56. The molecule has 0 saturated heterocycles. The van der Waals surface area contributed by atoms with E-state index in [1.807, 2.05) is 12.1 Å². The molecule has 1 aromatic rings. The molecule has 0 bridgehead atoms. The molecule has 2 atom stereocenters. The normalized spacial score (nSPS) is 24.1. The molecule has 0 aliphatic heterocycles. The number of hydrogen-bond donors (Lipinski definition) is 1. The molecule has 2 unspecified atom stereocenters. The topological polar surface area (TPSA) is 49.0 Å². The minimum atomic E-state index is 0.399. The van der Waals surface area contributed by atoms with Crippen molar-refractivity contribution in [2.45, 2.75) is 52.1 Å². The summed E-state index contributed by atoms with van der Waals surface area (Å²) in [6, 6.07) is 6.23. The van der Waals surface area contributed by atoms with Crippen molar-refractivity contribution in [1.29, 1.82) is 5.26 Å². The molecule has 1 N–H and O–H groups in total. The Kier molecular flexibility index (Phi) is 4.43. The third-order valence-corrected chi connectivity index (χ3v) is 3.99. The van der Waals surface area contributed by atoms with Crippen molar-refractivity contribution >= 4 is 0 Å². The zero-order valence-corrected chi connectivity index (χ0v) is 11.3. The Morgan fingerprint density at radius 2 is 2.17 bits per heavy atom. The van der Waals surface area contributed by atoms with Crippen molar-refractivity contribution in [3.05, 3.63) is 23.7 Å². The second-order valence-corrected chi connectivity index (χ2v) is 5.56. The molecule has 1 aliphatic rings. The molecular weight excluding hydrogens is 224 g/mol. The maximum absolute atomic E-state index is 8.72. The van der Waals surface area contributed by atoms with Gasteiger partial charge in [0, 0.05) is 6.04 Å². The summed E-state index contributed by atoms with van der Waals surface area (Å²) in [5, 5.41) is 12.3. The van der Waals surface area contributed by atoms with Crippen LogP contribution in [-0.4, -0.2) is 6.04 Å². The maximum atomic E-state index is 8.72. The summed E-state index contributed by atoms with van der Waals surface area (Å²) < 4.78 is 5.40. The Hall–Kier alpha value is -1.27. The highest BCUT2D eigenvalue weighted by molar-refractivity contribution is 5.19. The zero-order chi connectivity index (χ0) is 13.0. The average molecular weight is 246 g/mol. The highest BCUT2D eigenvalue weighted by atomic mass is 16.3. The van der Waals surface area contributed by atoms with E-state index in [0.717, 1.165) is 24.1 Å². The highest BCUT2D eigenvalue weighted by Crippen LogP contribution is 2.30. The third kappa shape index (κ3) is 3.14. The van der Waals surface area contributed by atoms with Gasteiger partial charge in [-0.05, 0) is 36.8 Å². The van der Waals surface area contributed by atoms with Crippen molar-refractivity contribution in [2.24, 2.45) is 11.8 Å². The molecule has 2 rings (SSSR count). The number of nitrogens with zero attached hydrogens (tertiary/aromatic N) is 1. The van der Waals surface area contributed by atoms with Crippen LogP contribution in [0.4, 0.5) is 0 Å². The smallest absolute Gasteiger partial charge is 0.203 e. The first-order chi connectivity index (χ1) is 8.70. The van der Waals surface area contributed by atoms with Gasteiger partial charge < -0.3 is 9.73 Å². The minimum Gasteiger partial charge on any atom is -0.449 e. The largest absolute Gasteiger partial charge is 0.449 e. The van der Waals surface area contributed by atoms with E-state index in [9.17, 15) is 0 Å². The van der Waals surface area contributed by atoms with Crippen LogP contribution in [0.1, 0.15) is 51.1 Å². The van der Waals surface area contributed by atoms with E-state index in [0.29, 0.717) is 11.8 Å². The van der Waals surface area contributed by atoms with Crippen LogP contribution in [0, 0.1) is 23.2 Å². The van der Waals surface area contributed by atoms with E-state index in [-0.39, 0.29) is 0 Å². The third-order valence-electron chi connectivity index (χ3n) is 3.99. The van der Waals surface area contributed by atoms with Crippen molar-refractivity contribution in [2.75, 3.05) is 0 Å². The first kappa shape index (κ1) is 13.2. The van der Waals surface area contributed by atoms with Gasteiger partial charge >= 0.3 is 0 Å². The summed E-state index contributed by atoms with van der Waals surface area (Å²) in [6.45, 7) is 5.35. The Morgan fingerprint density at radius 3 is 2.83 bits per heavy atom. The summed E-state index contributed by atoms with van der Waals surface area (Å²) in [5.74, 6) is 2.76. The fourth-order valence-corrected chi connectivity index (χ4v) is 2.98. The van der Waals surface area contributed by atoms with Crippen LogP contribution in [0.15, 0.2) is 16.5 Å². The van der Waals surface area contributed by atoms with Gasteiger partial charge in [-0.2, -0.15) is 5.26 Å². The molecule has 0 amide bonds. The first-order valence-electron chi connectivity index (χ1n) is 6.93. The molecule has 0 spiro atoms. The van der Waals surface area contributed by atoms with Gasteiger partial charge in [-0.1, -0.05) is 26.7 Å². The summed E-state index contributed by atoms with van der Waals surface area (Å²) in [6.07, 6.45) is 5.27. The lowest BCUT2D eigenvalue weighted by Crippen LogP contribution is -2.40. The van der Waals surface area contributed by atoms with Crippen molar-refractivity contribution in [1.82, 2.24) is 5.32 Å². The Balaban J connectivity index is 1.90. The van der Waals surface area contributed by atoms with Crippen LogP contribution in [-0.2, 0) is 6.54 Å². The van der Waals surface area contributed by atoms with Crippen LogP contribution < -0.4 is 5.32 Å². The van der Waals surface area contributed by atoms with Gasteiger partial charge in [0.1, 0.15) is 11.8 Å². The van der Waals surface area contributed by atoms with Gasteiger partial charge in [-0.15, -0.1) is 0 Å². The molecule has 0 aromatic carbocycles. The summed E-state index contributed by atoms with van der Waals surface area (Å²) in [4.78, 5) is 0. The zero-order valence-electron chi connectivity index (χ0n) is 11.3. The van der Waals surface area contributed by atoms with Crippen LogP contribution in [0.25, 0.3) is 0 Å². The molecule has 1 aliphatic carbocycles. The van der Waals surface area contributed by atoms with E-state index in [1.54, 1.807) is 6.07 Å². The fraction of sp³-hybridized carbons (Fsp3) is 0.667. The van der Waals surface area contributed by atoms with Gasteiger partial charge in [-0.25, -0.2) is 0 Å². The molecule has 1 saturated carbocycles. The number of nitriles is 1.